The topological polar surface area (TPSA) is 15.7 Å². The van der Waals surface area contributed by atoms with Gasteiger partial charge in [0.1, 0.15) is 0 Å². The number of rotatable bonds is 3. The molecule has 0 amide bonds. The van der Waals surface area contributed by atoms with E-state index in [1.165, 1.54) is 51.7 Å². The first-order valence-corrected chi connectivity index (χ1v) is 8.85. The Labute approximate surface area is 123 Å². The molecule has 4 atom stereocenters. The van der Waals surface area contributed by atoms with Crippen LogP contribution in [0.3, 0.4) is 0 Å². The highest BCUT2D eigenvalue weighted by Gasteiger charge is 2.48. The molecule has 0 aromatic rings. The van der Waals surface area contributed by atoms with Gasteiger partial charge in [0, 0.05) is 37.8 Å². The minimum atomic E-state index is 0.559. The van der Waals surface area contributed by atoms with Gasteiger partial charge in [0.15, 0.2) is 0 Å². The van der Waals surface area contributed by atoms with Crippen molar-refractivity contribution < 1.29 is 4.74 Å². The van der Waals surface area contributed by atoms with Crippen LogP contribution in [0.2, 0.25) is 0 Å². The van der Waals surface area contributed by atoms with E-state index in [-0.39, 0.29) is 0 Å². The maximum absolute atomic E-state index is 6.13. The van der Waals surface area contributed by atoms with E-state index in [1.54, 1.807) is 0 Å². The van der Waals surface area contributed by atoms with Crippen LogP contribution < -0.4 is 0 Å². The number of piperazine rings is 1. The molecule has 20 heavy (non-hydrogen) atoms. The summed E-state index contributed by atoms with van der Waals surface area (Å²) < 4.78 is 6.13. The van der Waals surface area contributed by atoms with E-state index in [0.717, 1.165) is 36.6 Å². The zero-order valence-corrected chi connectivity index (χ0v) is 13.1. The Balaban J connectivity index is 1.53. The highest BCUT2D eigenvalue weighted by molar-refractivity contribution is 5.01. The van der Waals surface area contributed by atoms with Gasteiger partial charge in [-0.05, 0) is 50.5 Å². The molecule has 3 nitrogen and oxygen atoms in total. The van der Waals surface area contributed by atoms with Crippen molar-refractivity contribution in [3.63, 3.8) is 0 Å². The Morgan fingerprint density at radius 1 is 1.05 bits per heavy atom. The summed E-state index contributed by atoms with van der Waals surface area (Å²) in [6.07, 6.45) is 7.49. The van der Waals surface area contributed by atoms with Crippen LogP contribution in [-0.4, -0.2) is 60.3 Å². The molecule has 3 saturated heterocycles. The summed E-state index contributed by atoms with van der Waals surface area (Å²) >= 11 is 0. The fourth-order valence-electron chi connectivity index (χ4n) is 4.87. The Bertz CT molecular complexity index is 355. The highest BCUT2D eigenvalue weighted by atomic mass is 16.5. The van der Waals surface area contributed by atoms with Crippen molar-refractivity contribution in [2.24, 2.45) is 11.8 Å². The molecule has 1 aliphatic carbocycles. The summed E-state index contributed by atoms with van der Waals surface area (Å²) in [4.78, 5) is 5.65. The van der Waals surface area contributed by atoms with Crippen molar-refractivity contribution in [3.05, 3.63) is 0 Å². The first-order valence-electron chi connectivity index (χ1n) is 8.85. The minimum absolute atomic E-state index is 0.559. The first kappa shape index (κ1) is 13.5. The van der Waals surface area contributed by atoms with Gasteiger partial charge in [0.25, 0.3) is 0 Å². The fourth-order valence-corrected chi connectivity index (χ4v) is 4.87. The smallest absolute Gasteiger partial charge is 0.0759 e. The number of hydrogen-bond acceptors (Lipinski definition) is 3. The van der Waals surface area contributed by atoms with Gasteiger partial charge in [0.05, 0.1) is 6.10 Å². The van der Waals surface area contributed by atoms with Gasteiger partial charge in [-0.15, -0.1) is 0 Å². The molecule has 4 rings (SSSR count). The zero-order chi connectivity index (χ0) is 13.7. The summed E-state index contributed by atoms with van der Waals surface area (Å²) in [6.45, 7) is 9.78. The van der Waals surface area contributed by atoms with E-state index in [9.17, 15) is 0 Å². The molecule has 4 unspecified atom stereocenters. The van der Waals surface area contributed by atoms with E-state index in [2.05, 4.69) is 23.6 Å². The Kier molecular flexibility index (Phi) is 3.56. The third-order valence-corrected chi connectivity index (χ3v) is 6.15. The lowest BCUT2D eigenvalue weighted by Crippen LogP contribution is -2.62. The summed E-state index contributed by atoms with van der Waals surface area (Å²) in [5.41, 5.74) is 0. The summed E-state index contributed by atoms with van der Waals surface area (Å²) in [6, 6.07) is 2.31. The largest absolute Gasteiger partial charge is 0.376 e. The number of fused-ring (bicyclic) bond motifs is 1. The second-order valence-electron chi connectivity index (χ2n) is 7.83. The molecule has 0 aromatic heterocycles. The van der Waals surface area contributed by atoms with Crippen LogP contribution >= 0.6 is 0 Å². The molecule has 3 heterocycles. The van der Waals surface area contributed by atoms with Crippen LogP contribution in [-0.2, 0) is 4.74 Å². The molecule has 4 aliphatic rings. The van der Waals surface area contributed by atoms with Crippen molar-refractivity contribution in [1.29, 1.82) is 0 Å². The molecule has 0 N–H and O–H groups in total. The Morgan fingerprint density at radius 3 is 2.65 bits per heavy atom. The van der Waals surface area contributed by atoms with E-state index in [0.29, 0.717) is 6.10 Å². The second kappa shape index (κ2) is 5.26. The maximum Gasteiger partial charge on any atom is 0.0759 e. The normalized spacial score (nSPS) is 43.4. The molecule has 0 spiro atoms. The average Bonchev–Trinajstić information content (AvgIpc) is 3.00. The van der Waals surface area contributed by atoms with Gasteiger partial charge >= 0.3 is 0 Å². The summed E-state index contributed by atoms with van der Waals surface area (Å²) in [5, 5.41) is 0. The van der Waals surface area contributed by atoms with Gasteiger partial charge in [-0.3, -0.25) is 9.80 Å². The average molecular weight is 278 g/mol. The molecular weight excluding hydrogens is 248 g/mol. The lowest BCUT2D eigenvalue weighted by molar-refractivity contribution is -0.0306. The van der Waals surface area contributed by atoms with Gasteiger partial charge < -0.3 is 4.74 Å². The van der Waals surface area contributed by atoms with Gasteiger partial charge in [0.2, 0.25) is 0 Å². The first-order chi connectivity index (χ1) is 9.74. The molecule has 3 heteroatoms. The summed E-state index contributed by atoms with van der Waals surface area (Å²) in [5.74, 6) is 1.65. The molecule has 4 fully saturated rings. The van der Waals surface area contributed by atoms with Crippen LogP contribution in [0.25, 0.3) is 0 Å². The number of hydrogen-bond donors (Lipinski definition) is 0. The minimum Gasteiger partial charge on any atom is -0.376 e. The SMILES string of the molecule is CC(C)C1CN2CCCC2CN1C1CCOC1C1CC1. The van der Waals surface area contributed by atoms with E-state index in [4.69, 9.17) is 4.74 Å². The highest BCUT2D eigenvalue weighted by Crippen LogP contribution is 2.42. The van der Waals surface area contributed by atoms with Gasteiger partial charge in [-0.25, -0.2) is 0 Å². The van der Waals surface area contributed by atoms with Crippen LogP contribution in [0.5, 0.6) is 0 Å². The number of ether oxygens (including phenoxy) is 1. The second-order valence-corrected chi connectivity index (χ2v) is 7.83. The Hall–Kier alpha value is -0.120. The van der Waals surface area contributed by atoms with Gasteiger partial charge in [-0.1, -0.05) is 13.8 Å². The van der Waals surface area contributed by atoms with E-state index < -0.39 is 0 Å². The number of nitrogens with zero attached hydrogens (tertiary/aromatic N) is 2. The summed E-state index contributed by atoms with van der Waals surface area (Å²) in [7, 11) is 0. The predicted molar refractivity (Wildman–Crippen MR) is 80.8 cm³/mol. The third kappa shape index (κ3) is 2.32. The quantitative estimate of drug-likeness (QED) is 0.788. The lowest BCUT2D eigenvalue weighted by Gasteiger charge is -2.49. The van der Waals surface area contributed by atoms with Crippen molar-refractivity contribution >= 4 is 0 Å². The molecule has 114 valence electrons. The van der Waals surface area contributed by atoms with Gasteiger partial charge in [-0.2, -0.15) is 0 Å². The predicted octanol–water partition coefficient (Wildman–Crippen LogP) is 2.36. The molecule has 3 aliphatic heterocycles. The molecular formula is C17H30N2O. The van der Waals surface area contributed by atoms with Crippen molar-refractivity contribution in [1.82, 2.24) is 9.80 Å². The maximum atomic E-state index is 6.13. The fraction of sp³-hybridized carbons (Fsp3) is 1.00. The van der Waals surface area contributed by atoms with Crippen molar-refractivity contribution in [3.8, 4) is 0 Å². The Morgan fingerprint density at radius 2 is 1.90 bits per heavy atom. The van der Waals surface area contributed by atoms with Crippen molar-refractivity contribution in [2.75, 3.05) is 26.2 Å². The van der Waals surface area contributed by atoms with Crippen molar-refractivity contribution in [2.45, 2.75) is 70.2 Å². The van der Waals surface area contributed by atoms with E-state index >= 15 is 0 Å². The standard InChI is InChI=1S/C17H30N2O/c1-12(2)16-11-18-8-3-4-14(18)10-19(16)15-7-9-20-17(15)13-5-6-13/h12-17H,3-11H2,1-2H3. The molecule has 0 bridgehead atoms. The molecule has 0 radical (unpaired) electrons. The third-order valence-electron chi connectivity index (χ3n) is 6.15. The van der Waals surface area contributed by atoms with Crippen LogP contribution in [0, 0.1) is 11.8 Å². The zero-order valence-electron chi connectivity index (χ0n) is 13.1. The molecule has 0 aromatic carbocycles. The van der Waals surface area contributed by atoms with E-state index in [1.807, 2.05) is 0 Å². The van der Waals surface area contributed by atoms with Crippen LogP contribution in [0.4, 0.5) is 0 Å². The molecule has 1 saturated carbocycles. The van der Waals surface area contributed by atoms with Crippen LogP contribution in [0.15, 0.2) is 0 Å². The van der Waals surface area contributed by atoms with Crippen LogP contribution in [0.1, 0.15) is 46.0 Å². The lowest BCUT2D eigenvalue weighted by atomic mass is 9.92. The monoisotopic (exact) mass is 278 g/mol.